The molecule has 1 atom stereocenters. The fourth-order valence-corrected chi connectivity index (χ4v) is 4.56. The molecule has 35 heavy (non-hydrogen) atoms. The number of ether oxygens (including phenoxy) is 1. The van der Waals surface area contributed by atoms with Crippen molar-refractivity contribution in [2.24, 2.45) is 0 Å². The van der Waals surface area contributed by atoms with Crippen LogP contribution in [0.4, 0.5) is 0 Å². The average Bonchev–Trinajstić information content (AvgIpc) is 3.11. The summed E-state index contributed by atoms with van der Waals surface area (Å²) in [5.74, 6) is -0.578. The Morgan fingerprint density at radius 1 is 1.03 bits per heavy atom. The Kier molecular flexibility index (Phi) is 9.10. The number of Topliss-reactive ketones (excluding diaryl/α,β-unsaturated/α-hetero) is 1. The summed E-state index contributed by atoms with van der Waals surface area (Å²) in [7, 11) is 0. The van der Waals surface area contributed by atoms with E-state index in [4.69, 9.17) is 4.74 Å². The third-order valence-corrected chi connectivity index (χ3v) is 6.62. The van der Waals surface area contributed by atoms with Gasteiger partial charge in [-0.05, 0) is 75.6 Å². The highest BCUT2D eigenvalue weighted by molar-refractivity contribution is 6.46. The summed E-state index contributed by atoms with van der Waals surface area (Å²) in [5.41, 5.74) is 3.33. The number of hydrogen-bond donors (Lipinski definition) is 1. The standard InChI is InChI=1S/C29H38N2O4/c1-6-18-35-23-14-12-22(13-15-23)26-25(27(32)24-19-20(4)10-11-21(24)5)28(33)29(34)31(26)17-9-16-30(7-2)8-3/h10-15,19,26,32H,6-9,16-18H2,1-5H3. The van der Waals surface area contributed by atoms with E-state index in [9.17, 15) is 14.7 Å². The van der Waals surface area contributed by atoms with Crippen LogP contribution in [0.2, 0.25) is 0 Å². The van der Waals surface area contributed by atoms with Crippen LogP contribution in [0.25, 0.3) is 5.76 Å². The van der Waals surface area contributed by atoms with Gasteiger partial charge < -0.3 is 19.6 Å². The normalized spacial score (nSPS) is 17.4. The summed E-state index contributed by atoms with van der Waals surface area (Å²) in [4.78, 5) is 30.4. The van der Waals surface area contributed by atoms with Crippen molar-refractivity contribution in [2.75, 3.05) is 32.8 Å². The molecule has 188 valence electrons. The van der Waals surface area contributed by atoms with Crippen molar-refractivity contribution in [1.29, 1.82) is 0 Å². The predicted octanol–water partition coefficient (Wildman–Crippen LogP) is 5.25. The van der Waals surface area contributed by atoms with Crippen molar-refractivity contribution >= 4 is 17.4 Å². The number of carbonyl (C=O) groups is 2. The highest BCUT2D eigenvalue weighted by Crippen LogP contribution is 2.40. The lowest BCUT2D eigenvalue weighted by Gasteiger charge is -2.27. The molecule has 0 bridgehead atoms. The van der Waals surface area contributed by atoms with E-state index in [2.05, 4.69) is 18.7 Å². The Morgan fingerprint density at radius 3 is 2.34 bits per heavy atom. The number of amides is 1. The number of rotatable bonds is 11. The molecule has 1 aliphatic heterocycles. The highest BCUT2D eigenvalue weighted by atomic mass is 16.5. The first kappa shape index (κ1) is 26.5. The second kappa shape index (κ2) is 12.0. The van der Waals surface area contributed by atoms with Gasteiger partial charge >= 0.3 is 0 Å². The Hall–Kier alpha value is -3.12. The lowest BCUT2D eigenvalue weighted by atomic mass is 9.93. The zero-order chi connectivity index (χ0) is 25.5. The average molecular weight is 479 g/mol. The van der Waals surface area contributed by atoms with Gasteiger partial charge in [-0.3, -0.25) is 9.59 Å². The van der Waals surface area contributed by atoms with E-state index in [1.165, 1.54) is 0 Å². The van der Waals surface area contributed by atoms with Gasteiger partial charge in [0.2, 0.25) is 0 Å². The molecule has 3 rings (SSSR count). The molecule has 6 nitrogen and oxygen atoms in total. The number of aryl methyl sites for hydroxylation is 2. The molecule has 0 saturated carbocycles. The van der Waals surface area contributed by atoms with Gasteiger partial charge in [0, 0.05) is 12.1 Å². The first-order valence-corrected chi connectivity index (χ1v) is 12.6. The van der Waals surface area contributed by atoms with Crippen LogP contribution in [0, 0.1) is 13.8 Å². The van der Waals surface area contributed by atoms with E-state index in [0.29, 0.717) is 18.7 Å². The molecule has 1 amide bonds. The van der Waals surface area contributed by atoms with Crippen molar-refractivity contribution in [3.05, 3.63) is 70.3 Å². The minimum Gasteiger partial charge on any atom is -0.507 e. The fraction of sp³-hybridized carbons (Fsp3) is 0.448. The molecular formula is C29H38N2O4. The summed E-state index contributed by atoms with van der Waals surface area (Å²) >= 11 is 0. The van der Waals surface area contributed by atoms with E-state index < -0.39 is 17.7 Å². The molecule has 2 aromatic carbocycles. The zero-order valence-electron chi connectivity index (χ0n) is 21.6. The second-order valence-electron chi connectivity index (χ2n) is 9.11. The quantitative estimate of drug-likeness (QED) is 0.272. The van der Waals surface area contributed by atoms with Gasteiger partial charge in [-0.1, -0.05) is 50.6 Å². The van der Waals surface area contributed by atoms with Gasteiger partial charge in [0.1, 0.15) is 11.5 Å². The van der Waals surface area contributed by atoms with E-state index >= 15 is 0 Å². The van der Waals surface area contributed by atoms with Gasteiger partial charge in [-0.25, -0.2) is 0 Å². The number of hydrogen-bond acceptors (Lipinski definition) is 5. The van der Waals surface area contributed by atoms with Crippen molar-refractivity contribution in [1.82, 2.24) is 9.80 Å². The number of carbonyl (C=O) groups excluding carboxylic acids is 2. The second-order valence-corrected chi connectivity index (χ2v) is 9.11. The van der Waals surface area contributed by atoms with Crippen LogP contribution in [-0.4, -0.2) is 59.4 Å². The van der Waals surface area contributed by atoms with Crippen LogP contribution in [0.3, 0.4) is 0 Å². The van der Waals surface area contributed by atoms with Crippen LogP contribution in [0.5, 0.6) is 5.75 Å². The molecule has 1 unspecified atom stereocenters. The van der Waals surface area contributed by atoms with Crippen LogP contribution in [-0.2, 0) is 9.59 Å². The number of aliphatic hydroxyl groups excluding tert-OH is 1. The van der Waals surface area contributed by atoms with Crippen LogP contribution >= 0.6 is 0 Å². The number of benzene rings is 2. The van der Waals surface area contributed by atoms with Crippen LogP contribution in [0.1, 0.15) is 61.9 Å². The molecule has 1 saturated heterocycles. The molecule has 0 aliphatic carbocycles. The number of nitrogens with zero attached hydrogens (tertiary/aromatic N) is 2. The smallest absolute Gasteiger partial charge is 0.295 e. The van der Waals surface area contributed by atoms with Gasteiger partial charge in [0.25, 0.3) is 11.7 Å². The maximum Gasteiger partial charge on any atom is 0.295 e. The Balaban J connectivity index is 2.04. The van der Waals surface area contributed by atoms with Crippen molar-refractivity contribution in [2.45, 2.75) is 53.5 Å². The Morgan fingerprint density at radius 2 is 1.71 bits per heavy atom. The molecule has 1 aliphatic rings. The predicted molar refractivity (Wildman–Crippen MR) is 140 cm³/mol. The summed E-state index contributed by atoms with van der Waals surface area (Å²) in [6.45, 7) is 13.9. The third-order valence-electron chi connectivity index (χ3n) is 6.62. The Labute approximate surface area is 209 Å². The SMILES string of the molecule is CCCOc1ccc(C2C(=C(O)c3cc(C)ccc3C)C(=O)C(=O)N2CCCN(CC)CC)cc1. The fourth-order valence-electron chi connectivity index (χ4n) is 4.56. The largest absolute Gasteiger partial charge is 0.507 e. The van der Waals surface area contributed by atoms with Crippen molar-refractivity contribution in [3.8, 4) is 5.75 Å². The highest BCUT2D eigenvalue weighted by Gasteiger charge is 2.45. The van der Waals surface area contributed by atoms with E-state index in [-0.39, 0.29) is 11.3 Å². The molecule has 2 aromatic rings. The monoisotopic (exact) mass is 478 g/mol. The summed E-state index contributed by atoms with van der Waals surface area (Å²) < 4.78 is 5.72. The first-order chi connectivity index (χ1) is 16.8. The summed E-state index contributed by atoms with van der Waals surface area (Å²) in [6.07, 6.45) is 1.65. The lowest BCUT2D eigenvalue weighted by Crippen LogP contribution is -2.33. The summed E-state index contributed by atoms with van der Waals surface area (Å²) in [6, 6.07) is 12.6. The molecular weight excluding hydrogens is 440 g/mol. The molecule has 0 radical (unpaired) electrons. The Bertz CT molecular complexity index is 1070. The lowest BCUT2D eigenvalue weighted by molar-refractivity contribution is -0.140. The molecule has 1 heterocycles. The maximum atomic E-state index is 13.3. The van der Waals surface area contributed by atoms with E-state index in [1.54, 1.807) is 4.90 Å². The van der Waals surface area contributed by atoms with Gasteiger partial charge in [0.05, 0.1) is 18.2 Å². The first-order valence-electron chi connectivity index (χ1n) is 12.6. The molecule has 1 fully saturated rings. The molecule has 0 aromatic heterocycles. The number of ketones is 1. The molecule has 0 spiro atoms. The van der Waals surface area contributed by atoms with Gasteiger partial charge in [0.15, 0.2) is 0 Å². The number of aliphatic hydroxyl groups is 1. The van der Waals surface area contributed by atoms with Gasteiger partial charge in [-0.15, -0.1) is 0 Å². The zero-order valence-corrected chi connectivity index (χ0v) is 21.6. The minimum atomic E-state index is -0.646. The van der Waals surface area contributed by atoms with E-state index in [0.717, 1.165) is 54.9 Å². The maximum absolute atomic E-state index is 13.3. The van der Waals surface area contributed by atoms with E-state index in [1.807, 2.05) is 63.2 Å². The minimum absolute atomic E-state index is 0.118. The summed E-state index contributed by atoms with van der Waals surface area (Å²) in [5, 5.41) is 11.4. The van der Waals surface area contributed by atoms with Crippen LogP contribution < -0.4 is 4.74 Å². The third kappa shape index (κ3) is 5.93. The number of likely N-dealkylation sites (tertiary alicyclic amines) is 1. The topological polar surface area (TPSA) is 70.1 Å². The van der Waals surface area contributed by atoms with Crippen molar-refractivity contribution in [3.63, 3.8) is 0 Å². The molecule has 1 N–H and O–H groups in total. The van der Waals surface area contributed by atoms with Crippen molar-refractivity contribution < 1.29 is 19.4 Å². The van der Waals surface area contributed by atoms with Crippen LogP contribution in [0.15, 0.2) is 48.0 Å². The molecule has 6 heteroatoms. The van der Waals surface area contributed by atoms with Gasteiger partial charge in [-0.2, -0.15) is 0 Å².